The molecule has 0 amide bonds. The number of methoxy groups -OCH3 is 2. The van der Waals surface area contributed by atoms with E-state index in [-0.39, 0.29) is 0 Å². The molecule has 8 nitrogen and oxygen atoms in total. The first kappa shape index (κ1) is 22.2. The molecule has 0 aromatic heterocycles. The largest absolute Gasteiger partial charge is 0.504 e. The average Bonchev–Trinajstić information content (AvgIpc) is 2.77. The maximum atomic E-state index is 9.66. The average molecular weight is 438 g/mol. The van der Waals surface area contributed by atoms with Crippen molar-refractivity contribution in [3.63, 3.8) is 0 Å². The van der Waals surface area contributed by atoms with Crippen LogP contribution >= 0.6 is 0 Å². The lowest BCUT2D eigenvalue weighted by atomic mass is 10.0. The topological polar surface area (TPSA) is 140 Å². The maximum Gasteiger partial charge on any atom is 0.200 e. The van der Waals surface area contributed by atoms with Crippen molar-refractivity contribution in [2.75, 3.05) is 14.2 Å². The van der Waals surface area contributed by atoms with E-state index in [1.165, 1.54) is 38.5 Å². The third kappa shape index (κ3) is 4.65. The lowest BCUT2D eigenvalue weighted by Gasteiger charge is -2.11. The number of hydrogen-bond donors (Lipinski definition) is 6. The summed E-state index contributed by atoms with van der Waals surface area (Å²) in [6, 6.07) is 8.65. The van der Waals surface area contributed by atoms with Crippen LogP contribution in [-0.4, -0.2) is 44.9 Å². The highest BCUT2D eigenvalue weighted by Gasteiger charge is 2.11. The van der Waals surface area contributed by atoms with Crippen LogP contribution in [0.1, 0.15) is 22.3 Å². The summed E-state index contributed by atoms with van der Waals surface area (Å²) in [6.07, 6.45) is 6.62. The number of phenolic OH excluding ortho intramolecular Hbond substituents is 6. The fraction of sp³-hybridized carbons (Fsp3) is 0.0833. The monoisotopic (exact) mass is 438 g/mol. The van der Waals surface area contributed by atoms with Gasteiger partial charge >= 0.3 is 0 Å². The zero-order valence-electron chi connectivity index (χ0n) is 17.3. The van der Waals surface area contributed by atoms with Gasteiger partial charge in [0.25, 0.3) is 0 Å². The van der Waals surface area contributed by atoms with Crippen LogP contribution in [0.4, 0.5) is 0 Å². The maximum absolute atomic E-state index is 9.66. The van der Waals surface area contributed by atoms with Crippen LogP contribution in [0.15, 0.2) is 36.4 Å². The van der Waals surface area contributed by atoms with Gasteiger partial charge < -0.3 is 40.1 Å². The van der Waals surface area contributed by atoms with Crippen LogP contribution in [0, 0.1) is 0 Å². The van der Waals surface area contributed by atoms with Crippen molar-refractivity contribution in [3.05, 3.63) is 58.7 Å². The van der Waals surface area contributed by atoms with E-state index in [1.807, 2.05) is 0 Å². The predicted octanol–water partition coefficient (Wildman–Crippen LogP) is 4.28. The van der Waals surface area contributed by atoms with E-state index in [9.17, 15) is 30.6 Å². The van der Waals surface area contributed by atoms with Gasteiger partial charge in [-0.3, -0.25) is 0 Å². The van der Waals surface area contributed by atoms with Gasteiger partial charge in [-0.2, -0.15) is 0 Å². The summed E-state index contributed by atoms with van der Waals surface area (Å²) in [6.45, 7) is 0. The Kier molecular flexibility index (Phi) is 6.34. The third-order valence-corrected chi connectivity index (χ3v) is 4.68. The molecule has 0 fully saturated rings. The first-order valence-corrected chi connectivity index (χ1v) is 9.35. The molecule has 3 rings (SSSR count). The zero-order valence-corrected chi connectivity index (χ0v) is 17.3. The first-order valence-electron chi connectivity index (χ1n) is 9.35. The molecule has 8 heteroatoms. The molecule has 32 heavy (non-hydrogen) atoms. The molecule has 3 aromatic rings. The lowest BCUT2D eigenvalue weighted by Crippen LogP contribution is -1.93. The smallest absolute Gasteiger partial charge is 0.200 e. The van der Waals surface area contributed by atoms with Crippen molar-refractivity contribution in [2.24, 2.45) is 0 Å². The molecule has 0 saturated heterocycles. The number of aromatic hydroxyl groups is 6. The number of hydrogen-bond acceptors (Lipinski definition) is 8. The molecule has 0 radical (unpaired) electrons. The Bertz CT molecular complexity index is 1070. The molecule has 0 bridgehead atoms. The van der Waals surface area contributed by atoms with Gasteiger partial charge in [0.05, 0.1) is 14.2 Å². The Morgan fingerprint density at radius 1 is 0.500 bits per heavy atom. The van der Waals surface area contributed by atoms with Crippen LogP contribution in [0.2, 0.25) is 0 Å². The number of phenols is 6. The number of rotatable bonds is 6. The van der Waals surface area contributed by atoms with E-state index in [4.69, 9.17) is 9.47 Å². The minimum atomic E-state index is -0.590. The van der Waals surface area contributed by atoms with E-state index in [1.54, 1.807) is 36.4 Å². The first-order chi connectivity index (χ1) is 15.2. The molecule has 166 valence electrons. The molecule has 3 aromatic carbocycles. The molecule has 0 spiro atoms. The lowest BCUT2D eigenvalue weighted by molar-refractivity contribution is 0.367. The second kappa shape index (κ2) is 9.13. The Morgan fingerprint density at radius 3 is 1.09 bits per heavy atom. The van der Waals surface area contributed by atoms with E-state index in [0.29, 0.717) is 33.8 Å². The summed E-state index contributed by atoms with van der Waals surface area (Å²) in [5.74, 6) is -1.94. The summed E-state index contributed by atoms with van der Waals surface area (Å²) >= 11 is 0. The summed E-state index contributed by atoms with van der Waals surface area (Å²) in [5.41, 5.74) is 2.20. The third-order valence-electron chi connectivity index (χ3n) is 4.68. The van der Waals surface area contributed by atoms with Gasteiger partial charge in [-0.05, 0) is 47.5 Å². The van der Waals surface area contributed by atoms with Crippen LogP contribution in [0.5, 0.6) is 46.0 Å². The Labute approximate surface area is 183 Å². The van der Waals surface area contributed by atoms with E-state index in [2.05, 4.69) is 0 Å². The summed E-state index contributed by atoms with van der Waals surface area (Å²) in [7, 11) is 3.00. The molecule has 0 aliphatic heterocycles. The molecule has 0 atom stereocenters. The van der Waals surface area contributed by atoms with Gasteiger partial charge in [0.15, 0.2) is 34.5 Å². The predicted molar refractivity (Wildman–Crippen MR) is 120 cm³/mol. The van der Waals surface area contributed by atoms with Crippen LogP contribution < -0.4 is 9.47 Å². The molecular weight excluding hydrogens is 416 g/mol. The Balaban J connectivity index is 1.96. The fourth-order valence-electron chi connectivity index (χ4n) is 3.02. The molecule has 0 saturated carbocycles. The van der Waals surface area contributed by atoms with Crippen LogP contribution in [0.25, 0.3) is 24.3 Å². The quantitative estimate of drug-likeness (QED) is 0.248. The standard InChI is InChI=1S/C24H22O8/c1-31-21-11-16(6-4-14-9-19(27)24(30)20(28)10-14)22(32-2)12-15(21)5-3-13-7-17(25)23(29)18(26)8-13/h3-12,25-30H,1-2H3/b5-3+,6-4+. The zero-order chi connectivity index (χ0) is 23.4. The van der Waals surface area contributed by atoms with Crippen molar-refractivity contribution < 1.29 is 40.1 Å². The minimum absolute atomic E-state index is 0.444. The van der Waals surface area contributed by atoms with Crippen molar-refractivity contribution in [1.82, 2.24) is 0 Å². The summed E-state index contributed by atoms with van der Waals surface area (Å²) in [4.78, 5) is 0. The van der Waals surface area contributed by atoms with E-state index >= 15 is 0 Å². The number of ether oxygens (including phenoxy) is 2. The fourth-order valence-corrected chi connectivity index (χ4v) is 3.02. The Morgan fingerprint density at radius 2 is 0.812 bits per heavy atom. The second-order valence-electron chi connectivity index (χ2n) is 6.82. The number of benzene rings is 3. The highest BCUT2D eigenvalue weighted by atomic mass is 16.5. The van der Waals surface area contributed by atoms with Gasteiger partial charge in [0, 0.05) is 11.1 Å². The molecule has 6 N–H and O–H groups in total. The van der Waals surface area contributed by atoms with Crippen molar-refractivity contribution >= 4 is 24.3 Å². The highest BCUT2D eigenvalue weighted by Crippen LogP contribution is 2.38. The molecule has 0 aliphatic rings. The van der Waals surface area contributed by atoms with Crippen LogP contribution in [0.3, 0.4) is 0 Å². The molecule has 0 aliphatic carbocycles. The van der Waals surface area contributed by atoms with Gasteiger partial charge in [0.2, 0.25) is 0 Å². The minimum Gasteiger partial charge on any atom is -0.504 e. The van der Waals surface area contributed by atoms with E-state index < -0.39 is 34.5 Å². The molecule has 0 unspecified atom stereocenters. The second-order valence-corrected chi connectivity index (χ2v) is 6.82. The molecule has 0 heterocycles. The van der Waals surface area contributed by atoms with E-state index in [0.717, 1.165) is 0 Å². The van der Waals surface area contributed by atoms with Gasteiger partial charge in [-0.15, -0.1) is 0 Å². The normalized spacial score (nSPS) is 11.3. The summed E-state index contributed by atoms with van der Waals surface area (Å²) in [5, 5.41) is 57.6. The SMILES string of the molecule is COc1cc(/C=C/c2cc(O)c(O)c(O)c2)c(OC)cc1/C=C/c1cc(O)c(O)c(O)c1. The van der Waals surface area contributed by atoms with Crippen molar-refractivity contribution in [1.29, 1.82) is 0 Å². The van der Waals surface area contributed by atoms with Crippen LogP contribution in [-0.2, 0) is 0 Å². The van der Waals surface area contributed by atoms with Crippen molar-refractivity contribution in [2.45, 2.75) is 0 Å². The van der Waals surface area contributed by atoms with Crippen molar-refractivity contribution in [3.8, 4) is 46.0 Å². The van der Waals surface area contributed by atoms with Gasteiger partial charge in [-0.1, -0.05) is 24.3 Å². The molecular formula is C24H22O8. The highest BCUT2D eigenvalue weighted by molar-refractivity contribution is 5.80. The Hall–Kier alpha value is -4.46. The van der Waals surface area contributed by atoms with Gasteiger partial charge in [0.1, 0.15) is 11.5 Å². The summed E-state index contributed by atoms with van der Waals surface area (Å²) < 4.78 is 10.9. The van der Waals surface area contributed by atoms with Gasteiger partial charge in [-0.25, -0.2) is 0 Å².